The van der Waals surface area contributed by atoms with E-state index in [1.165, 1.54) is 6.20 Å². The molecule has 4 aromatic rings. The molecule has 0 saturated carbocycles. The maximum atomic E-state index is 14.0. The fourth-order valence-corrected chi connectivity index (χ4v) is 5.77. The normalized spacial score (nSPS) is 18.2. The average Bonchev–Trinajstić information content (AvgIpc) is 3.45. The summed E-state index contributed by atoms with van der Waals surface area (Å²) in [7, 11) is 1.97. The van der Waals surface area contributed by atoms with Gasteiger partial charge in [-0.15, -0.1) is 0 Å². The highest BCUT2D eigenvalue weighted by Crippen LogP contribution is 2.38. The number of nitrogens with one attached hydrogen (secondary N) is 1. The molecule has 1 fully saturated rings. The van der Waals surface area contributed by atoms with Crippen molar-refractivity contribution in [1.82, 2.24) is 24.8 Å². The summed E-state index contributed by atoms with van der Waals surface area (Å²) in [6.07, 6.45) is 1.53. The number of halogens is 3. The molecule has 5 heterocycles. The Morgan fingerprint density at radius 2 is 1.90 bits per heavy atom. The van der Waals surface area contributed by atoms with E-state index in [1.54, 1.807) is 23.4 Å². The third kappa shape index (κ3) is 5.78. The zero-order valence-corrected chi connectivity index (χ0v) is 23.4. The Kier molecular flexibility index (Phi) is 7.53. The second-order valence-corrected chi connectivity index (χ2v) is 11.0. The number of hydrogen-bond donors (Lipinski definition) is 1. The monoisotopic (exact) mass is 579 g/mol. The summed E-state index contributed by atoms with van der Waals surface area (Å²) < 4.78 is 53.8. The average molecular weight is 580 g/mol. The summed E-state index contributed by atoms with van der Waals surface area (Å²) in [6, 6.07) is 10.2. The van der Waals surface area contributed by atoms with Crippen LogP contribution in [0.4, 0.5) is 13.2 Å². The molecule has 3 aromatic heterocycles. The van der Waals surface area contributed by atoms with Crippen molar-refractivity contribution in [1.29, 1.82) is 0 Å². The fourth-order valence-electron chi connectivity index (χ4n) is 5.77. The number of amides is 1. The van der Waals surface area contributed by atoms with Crippen LogP contribution in [0.2, 0.25) is 0 Å². The molecule has 42 heavy (non-hydrogen) atoms. The molecule has 0 spiro atoms. The number of carbonyl (C=O) groups excluding carboxylic acids is 1. The van der Waals surface area contributed by atoms with E-state index < -0.39 is 17.6 Å². The molecule has 1 amide bonds. The Balaban J connectivity index is 1.17. The zero-order valence-electron chi connectivity index (χ0n) is 23.4. The van der Waals surface area contributed by atoms with Crippen LogP contribution in [0.25, 0.3) is 11.0 Å². The maximum Gasteiger partial charge on any atom is 0.421 e. The van der Waals surface area contributed by atoms with Gasteiger partial charge in [-0.2, -0.15) is 13.2 Å². The van der Waals surface area contributed by atoms with Gasteiger partial charge < -0.3 is 24.3 Å². The standard InChI is InChI=1S/C31H32F3N5O3/c1-19-25-17-23(41-27-6-11-36-29-24(27)5-10-35-29)4-3-21(25)7-14-39(19)28(40)16-20-15-26(31(32,33)34)30(37-18-20)42-22-8-12-38(2)13-9-22/h3-6,10-11,15,17-19,22H,7-9,12-14,16H2,1-2H3,(H,35,36)/t19-/m0/s1. The lowest BCUT2D eigenvalue weighted by molar-refractivity contribution is -0.140. The number of nitrogens with zero attached hydrogens (tertiary/aromatic N) is 4. The van der Waals surface area contributed by atoms with Crippen molar-refractivity contribution in [3.63, 3.8) is 0 Å². The number of piperidine rings is 1. The number of fused-ring (bicyclic) bond motifs is 2. The van der Waals surface area contributed by atoms with Gasteiger partial charge in [0.15, 0.2) is 0 Å². The van der Waals surface area contributed by atoms with E-state index >= 15 is 0 Å². The molecular weight excluding hydrogens is 547 g/mol. The summed E-state index contributed by atoms with van der Waals surface area (Å²) in [5, 5.41) is 0.856. The van der Waals surface area contributed by atoms with Gasteiger partial charge in [-0.25, -0.2) is 9.97 Å². The van der Waals surface area contributed by atoms with E-state index in [-0.39, 0.29) is 30.0 Å². The molecule has 11 heteroatoms. The number of carbonyl (C=O) groups is 1. The molecule has 1 aromatic carbocycles. The highest BCUT2D eigenvalue weighted by Gasteiger charge is 2.37. The summed E-state index contributed by atoms with van der Waals surface area (Å²) in [5.74, 6) is 0.602. The second kappa shape index (κ2) is 11.3. The van der Waals surface area contributed by atoms with E-state index in [0.717, 1.165) is 41.3 Å². The first-order valence-electron chi connectivity index (χ1n) is 14.1. The first-order chi connectivity index (χ1) is 20.2. The number of rotatable bonds is 6. The number of aromatic nitrogens is 3. The number of hydrogen-bond acceptors (Lipinski definition) is 6. The van der Waals surface area contributed by atoms with Gasteiger partial charge in [0, 0.05) is 38.2 Å². The zero-order chi connectivity index (χ0) is 29.4. The summed E-state index contributed by atoms with van der Waals surface area (Å²) in [5.41, 5.74) is 2.03. The number of aromatic amines is 1. The molecule has 220 valence electrons. The molecule has 8 nitrogen and oxygen atoms in total. The van der Waals surface area contributed by atoms with Gasteiger partial charge in [-0.1, -0.05) is 6.07 Å². The molecule has 0 radical (unpaired) electrons. The largest absolute Gasteiger partial charge is 0.474 e. The van der Waals surface area contributed by atoms with E-state index in [0.29, 0.717) is 37.3 Å². The van der Waals surface area contributed by atoms with Crippen molar-refractivity contribution >= 4 is 16.9 Å². The molecule has 2 aliphatic heterocycles. The smallest absolute Gasteiger partial charge is 0.421 e. The molecule has 1 N–H and O–H groups in total. The van der Waals surface area contributed by atoms with Gasteiger partial charge in [0.2, 0.25) is 11.8 Å². The van der Waals surface area contributed by atoms with Crippen molar-refractivity contribution < 1.29 is 27.4 Å². The van der Waals surface area contributed by atoms with Gasteiger partial charge in [0.1, 0.15) is 28.8 Å². The van der Waals surface area contributed by atoms with Crippen LogP contribution in [-0.2, 0) is 23.8 Å². The van der Waals surface area contributed by atoms with Gasteiger partial charge >= 0.3 is 6.18 Å². The number of benzene rings is 1. The lowest BCUT2D eigenvalue weighted by Crippen LogP contribution is -2.39. The Labute approximate surface area is 241 Å². The van der Waals surface area contributed by atoms with Crippen LogP contribution in [0.3, 0.4) is 0 Å². The number of alkyl halides is 3. The van der Waals surface area contributed by atoms with Gasteiger partial charge in [-0.3, -0.25) is 4.79 Å². The van der Waals surface area contributed by atoms with Gasteiger partial charge in [0.05, 0.1) is 17.8 Å². The minimum absolute atomic E-state index is 0.192. The Morgan fingerprint density at radius 3 is 2.69 bits per heavy atom. The highest BCUT2D eigenvalue weighted by molar-refractivity contribution is 5.82. The molecule has 1 atom stereocenters. The first-order valence-corrected chi connectivity index (χ1v) is 14.1. The fraction of sp³-hybridized carbons (Fsp3) is 0.387. The summed E-state index contributed by atoms with van der Waals surface area (Å²) in [6.45, 7) is 3.90. The molecule has 1 saturated heterocycles. The van der Waals surface area contributed by atoms with E-state index in [1.807, 2.05) is 38.2 Å². The Bertz CT molecular complexity index is 1600. The third-order valence-corrected chi connectivity index (χ3v) is 8.14. The van der Waals surface area contributed by atoms with Crippen LogP contribution in [0.1, 0.15) is 48.1 Å². The van der Waals surface area contributed by atoms with Crippen molar-refractivity contribution in [3.05, 3.63) is 77.2 Å². The van der Waals surface area contributed by atoms with E-state index in [9.17, 15) is 18.0 Å². The van der Waals surface area contributed by atoms with Crippen molar-refractivity contribution in [2.75, 3.05) is 26.7 Å². The molecule has 0 aliphatic carbocycles. The van der Waals surface area contributed by atoms with Crippen molar-refractivity contribution in [2.24, 2.45) is 0 Å². The minimum atomic E-state index is -4.65. The Morgan fingerprint density at radius 1 is 1.10 bits per heavy atom. The lowest BCUT2D eigenvalue weighted by Gasteiger charge is -2.35. The quantitative estimate of drug-likeness (QED) is 0.305. The SMILES string of the molecule is C[C@H]1c2cc(Oc3ccnc4[nH]ccc34)ccc2CCN1C(=O)Cc1cnc(OC2CCN(C)CC2)c(C(F)(F)F)c1. The molecular formula is C31H32F3N5O3. The lowest BCUT2D eigenvalue weighted by atomic mass is 9.92. The summed E-state index contributed by atoms with van der Waals surface area (Å²) in [4.78, 5) is 28.6. The number of H-pyrrole nitrogens is 1. The van der Waals surface area contributed by atoms with Crippen molar-refractivity contribution in [3.8, 4) is 17.4 Å². The second-order valence-electron chi connectivity index (χ2n) is 11.0. The topological polar surface area (TPSA) is 83.6 Å². The van der Waals surface area contributed by atoms with Crippen LogP contribution in [0.15, 0.2) is 55.0 Å². The predicted molar refractivity (Wildman–Crippen MR) is 151 cm³/mol. The molecule has 0 bridgehead atoms. The van der Waals surface area contributed by atoms with Gasteiger partial charge in [-0.05, 0) is 80.3 Å². The summed E-state index contributed by atoms with van der Waals surface area (Å²) >= 11 is 0. The van der Waals surface area contributed by atoms with Crippen LogP contribution in [0.5, 0.6) is 17.4 Å². The highest BCUT2D eigenvalue weighted by atomic mass is 19.4. The van der Waals surface area contributed by atoms with E-state index in [4.69, 9.17) is 9.47 Å². The van der Waals surface area contributed by atoms with Crippen LogP contribution < -0.4 is 9.47 Å². The minimum Gasteiger partial charge on any atom is -0.474 e. The Hall–Kier alpha value is -4.12. The number of ether oxygens (including phenoxy) is 2. The molecule has 0 unspecified atom stereocenters. The molecule has 2 aliphatic rings. The molecule has 6 rings (SSSR count). The van der Waals surface area contributed by atoms with Crippen molar-refractivity contribution in [2.45, 2.75) is 50.9 Å². The van der Waals surface area contributed by atoms with Crippen LogP contribution in [-0.4, -0.2) is 63.4 Å². The van der Waals surface area contributed by atoms with Crippen LogP contribution in [0, 0.1) is 0 Å². The number of likely N-dealkylation sites (tertiary alicyclic amines) is 1. The number of pyridine rings is 2. The van der Waals surface area contributed by atoms with Crippen LogP contribution >= 0.6 is 0 Å². The predicted octanol–water partition coefficient (Wildman–Crippen LogP) is 5.93. The van der Waals surface area contributed by atoms with E-state index in [2.05, 4.69) is 19.9 Å². The maximum absolute atomic E-state index is 14.0. The first kappa shape index (κ1) is 28.0. The van der Waals surface area contributed by atoms with Gasteiger partial charge in [0.25, 0.3) is 0 Å². The third-order valence-electron chi connectivity index (χ3n) is 8.14.